The van der Waals surface area contributed by atoms with Gasteiger partial charge in [0, 0.05) is 24.7 Å². The molecular weight excluding hydrogens is 312 g/mol. The first-order valence-corrected chi connectivity index (χ1v) is 7.22. The zero-order valence-corrected chi connectivity index (χ0v) is 12.5. The SMILES string of the molecule is O=C(CCn1ccc2ccccc21)Nc1ncc([N+](=O)[O-])cc1O. The van der Waals surface area contributed by atoms with Crippen molar-refractivity contribution in [1.29, 1.82) is 0 Å². The molecule has 0 aliphatic rings. The van der Waals surface area contributed by atoms with Crippen molar-refractivity contribution in [3.05, 3.63) is 58.9 Å². The van der Waals surface area contributed by atoms with Crippen LogP contribution in [-0.2, 0) is 11.3 Å². The predicted molar refractivity (Wildman–Crippen MR) is 87.7 cm³/mol. The van der Waals surface area contributed by atoms with Crippen molar-refractivity contribution in [3.63, 3.8) is 0 Å². The number of nitro groups is 1. The summed E-state index contributed by atoms with van der Waals surface area (Å²) in [6.45, 7) is 0.465. The first-order chi connectivity index (χ1) is 11.5. The molecule has 0 spiro atoms. The molecule has 1 aromatic carbocycles. The Morgan fingerprint density at radius 2 is 2.12 bits per heavy atom. The second-order valence-electron chi connectivity index (χ2n) is 5.18. The Kier molecular flexibility index (Phi) is 4.11. The van der Waals surface area contributed by atoms with E-state index in [1.807, 2.05) is 41.1 Å². The summed E-state index contributed by atoms with van der Waals surface area (Å²) in [4.78, 5) is 25.6. The number of pyridine rings is 1. The van der Waals surface area contributed by atoms with Gasteiger partial charge in [-0.3, -0.25) is 14.9 Å². The topological polar surface area (TPSA) is 110 Å². The van der Waals surface area contributed by atoms with Crippen LogP contribution in [-0.4, -0.2) is 25.5 Å². The highest BCUT2D eigenvalue weighted by atomic mass is 16.6. The van der Waals surface area contributed by atoms with Gasteiger partial charge in [-0.2, -0.15) is 0 Å². The molecule has 0 unspecified atom stereocenters. The number of amides is 1. The second kappa shape index (κ2) is 6.37. The van der Waals surface area contributed by atoms with Crippen LogP contribution in [0.15, 0.2) is 48.8 Å². The number of anilines is 1. The molecule has 0 saturated carbocycles. The number of carbonyl (C=O) groups excluding carboxylic acids is 1. The Balaban J connectivity index is 1.65. The van der Waals surface area contributed by atoms with Gasteiger partial charge >= 0.3 is 0 Å². The smallest absolute Gasteiger partial charge is 0.291 e. The first-order valence-electron chi connectivity index (χ1n) is 7.22. The Hall–Kier alpha value is -3.42. The number of hydrogen-bond acceptors (Lipinski definition) is 5. The lowest BCUT2D eigenvalue weighted by atomic mass is 10.2. The molecule has 0 saturated heterocycles. The highest BCUT2D eigenvalue weighted by molar-refractivity contribution is 5.91. The maximum Gasteiger partial charge on any atom is 0.291 e. The summed E-state index contributed by atoms with van der Waals surface area (Å²) in [6, 6.07) is 10.8. The van der Waals surface area contributed by atoms with Gasteiger partial charge in [0.2, 0.25) is 5.91 Å². The summed E-state index contributed by atoms with van der Waals surface area (Å²) in [7, 11) is 0. The van der Waals surface area contributed by atoms with Gasteiger partial charge in [0.05, 0.1) is 11.0 Å². The Bertz CT molecular complexity index is 919. The number of carbonyl (C=O) groups is 1. The van der Waals surface area contributed by atoms with Crippen LogP contribution in [0.3, 0.4) is 0 Å². The number of nitrogens with zero attached hydrogens (tertiary/aromatic N) is 3. The number of aromatic nitrogens is 2. The van der Waals surface area contributed by atoms with Crippen LogP contribution in [0.5, 0.6) is 5.75 Å². The minimum absolute atomic E-state index is 0.0945. The maximum atomic E-state index is 12.0. The van der Waals surface area contributed by atoms with Gasteiger partial charge in [0.1, 0.15) is 6.20 Å². The average molecular weight is 326 g/mol. The molecule has 0 aliphatic heterocycles. The average Bonchev–Trinajstić information content (AvgIpc) is 2.98. The molecule has 2 heterocycles. The van der Waals surface area contributed by atoms with Gasteiger partial charge in [0.25, 0.3) is 5.69 Å². The molecule has 0 atom stereocenters. The lowest BCUT2D eigenvalue weighted by molar-refractivity contribution is -0.385. The van der Waals surface area contributed by atoms with E-state index in [1.165, 1.54) is 0 Å². The molecule has 3 rings (SSSR count). The van der Waals surface area contributed by atoms with E-state index in [9.17, 15) is 20.0 Å². The molecular formula is C16H14N4O4. The fourth-order valence-corrected chi connectivity index (χ4v) is 2.39. The number of rotatable bonds is 5. The fourth-order valence-electron chi connectivity index (χ4n) is 2.39. The summed E-state index contributed by atoms with van der Waals surface area (Å²) < 4.78 is 1.96. The summed E-state index contributed by atoms with van der Waals surface area (Å²) in [6.07, 6.45) is 3.06. The van der Waals surface area contributed by atoms with Gasteiger partial charge in [-0.1, -0.05) is 18.2 Å². The molecule has 2 N–H and O–H groups in total. The maximum absolute atomic E-state index is 12.0. The molecule has 24 heavy (non-hydrogen) atoms. The summed E-state index contributed by atoms with van der Waals surface area (Å²) >= 11 is 0. The Morgan fingerprint density at radius 1 is 1.33 bits per heavy atom. The predicted octanol–water partition coefficient (Wildman–Crippen LogP) is 2.68. The summed E-state index contributed by atoms with van der Waals surface area (Å²) in [5, 5.41) is 23.8. The van der Waals surface area contributed by atoms with Gasteiger partial charge in [0.15, 0.2) is 11.6 Å². The third-order valence-electron chi connectivity index (χ3n) is 3.58. The number of benzene rings is 1. The number of aromatic hydroxyl groups is 1. The molecule has 122 valence electrons. The van der Waals surface area contributed by atoms with E-state index in [1.54, 1.807) is 0 Å². The number of para-hydroxylation sites is 1. The lowest BCUT2D eigenvalue weighted by Crippen LogP contribution is -2.15. The van der Waals surface area contributed by atoms with E-state index in [0.29, 0.717) is 6.54 Å². The van der Waals surface area contributed by atoms with Crippen molar-refractivity contribution in [2.24, 2.45) is 0 Å². The van der Waals surface area contributed by atoms with E-state index < -0.39 is 10.7 Å². The van der Waals surface area contributed by atoms with Crippen molar-refractivity contribution >= 4 is 28.3 Å². The Labute approximate surface area is 136 Å². The molecule has 2 aromatic heterocycles. The second-order valence-corrected chi connectivity index (χ2v) is 5.18. The monoisotopic (exact) mass is 326 g/mol. The first kappa shape index (κ1) is 15.5. The zero-order chi connectivity index (χ0) is 17.1. The molecule has 1 amide bonds. The van der Waals surface area contributed by atoms with E-state index in [0.717, 1.165) is 23.2 Å². The molecule has 0 aliphatic carbocycles. The molecule has 3 aromatic rings. The lowest BCUT2D eigenvalue weighted by Gasteiger charge is -2.07. The van der Waals surface area contributed by atoms with Crippen molar-refractivity contribution in [3.8, 4) is 5.75 Å². The normalized spacial score (nSPS) is 10.7. The van der Waals surface area contributed by atoms with E-state index >= 15 is 0 Å². The third-order valence-corrected chi connectivity index (χ3v) is 3.58. The zero-order valence-electron chi connectivity index (χ0n) is 12.5. The van der Waals surface area contributed by atoms with Crippen LogP contribution >= 0.6 is 0 Å². The molecule has 8 heteroatoms. The largest absolute Gasteiger partial charge is 0.504 e. The highest BCUT2D eigenvalue weighted by Gasteiger charge is 2.13. The molecule has 0 bridgehead atoms. The number of fused-ring (bicyclic) bond motifs is 1. The van der Waals surface area contributed by atoms with Crippen molar-refractivity contribution in [1.82, 2.24) is 9.55 Å². The number of nitrogens with one attached hydrogen (secondary N) is 1. The van der Waals surface area contributed by atoms with Crippen molar-refractivity contribution < 1.29 is 14.8 Å². The van der Waals surface area contributed by atoms with E-state index in [-0.39, 0.29) is 23.8 Å². The van der Waals surface area contributed by atoms with Crippen molar-refractivity contribution in [2.75, 3.05) is 5.32 Å². The number of aryl methyl sites for hydroxylation is 1. The van der Waals surface area contributed by atoms with Gasteiger partial charge < -0.3 is 15.0 Å². The quantitative estimate of drug-likeness (QED) is 0.553. The van der Waals surface area contributed by atoms with Crippen LogP contribution in [0.2, 0.25) is 0 Å². The molecule has 0 radical (unpaired) electrons. The minimum atomic E-state index is -0.671. The third kappa shape index (κ3) is 3.17. The summed E-state index contributed by atoms with van der Waals surface area (Å²) in [5.41, 5.74) is 0.686. The summed E-state index contributed by atoms with van der Waals surface area (Å²) in [5.74, 6) is -0.878. The molecule has 0 fully saturated rings. The standard InChI is InChI=1S/C16H14N4O4/c21-14-9-12(20(23)24)10-17-16(14)18-15(22)6-8-19-7-5-11-3-1-2-4-13(11)19/h1-5,7,9-10,21H,6,8H2,(H,17,18,22). The van der Waals surface area contributed by atoms with Gasteiger partial charge in [-0.05, 0) is 17.5 Å². The highest BCUT2D eigenvalue weighted by Crippen LogP contribution is 2.25. The van der Waals surface area contributed by atoms with Crippen LogP contribution in [0.4, 0.5) is 11.5 Å². The van der Waals surface area contributed by atoms with E-state index in [4.69, 9.17) is 0 Å². The Morgan fingerprint density at radius 3 is 2.88 bits per heavy atom. The van der Waals surface area contributed by atoms with Crippen LogP contribution in [0.1, 0.15) is 6.42 Å². The van der Waals surface area contributed by atoms with Crippen molar-refractivity contribution in [2.45, 2.75) is 13.0 Å². The minimum Gasteiger partial charge on any atom is -0.504 e. The van der Waals surface area contributed by atoms with Crippen LogP contribution in [0, 0.1) is 10.1 Å². The van der Waals surface area contributed by atoms with Gasteiger partial charge in [-0.25, -0.2) is 4.98 Å². The van der Waals surface area contributed by atoms with E-state index in [2.05, 4.69) is 10.3 Å². The number of hydrogen-bond donors (Lipinski definition) is 2. The fraction of sp³-hybridized carbons (Fsp3) is 0.125. The van der Waals surface area contributed by atoms with Crippen LogP contribution in [0.25, 0.3) is 10.9 Å². The van der Waals surface area contributed by atoms with Gasteiger partial charge in [-0.15, -0.1) is 0 Å². The van der Waals surface area contributed by atoms with Crippen LogP contribution < -0.4 is 5.32 Å². The molecule has 8 nitrogen and oxygen atoms in total.